The van der Waals surface area contributed by atoms with Gasteiger partial charge in [-0.3, -0.25) is 19.8 Å². The van der Waals surface area contributed by atoms with Crippen LogP contribution in [0.25, 0.3) is 16.8 Å². The van der Waals surface area contributed by atoms with Crippen LogP contribution in [0.4, 0.5) is 4.79 Å². The zero-order valence-electron chi connectivity index (χ0n) is 19.0. The third kappa shape index (κ3) is 4.19. The highest BCUT2D eigenvalue weighted by Crippen LogP contribution is 2.33. The minimum Gasteiger partial charge on any atom is -0.488 e. The second-order valence-corrected chi connectivity index (χ2v) is 8.90. The van der Waals surface area contributed by atoms with E-state index >= 15 is 0 Å². The quantitative estimate of drug-likeness (QED) is 0.428. The van der Waals surface area contributed by atoms with Crippen molar-refractivity contribution in [2.75, 3.05) is 0 Å². The van der Waals surface area contributed by atoms with E-state index in [0.29, 0.717) is 17.9 Å². The van der Waals surface area contributed by atoms with E-state index in [1.807, 2.05) is 67.6 Å². The summed E-state index contributed by atoms with van der Waals surface area (Å²) in [4.78, 5) is 39.8. The van der Waals surface area contributed by atoms with Crippen LogP contribution < -0.4 is 10.1 Å². The monoisotopic (exact) mass is 454 g/mol. The number of carbonyl (C=O) groups excluding carboxylic acids is 3. The first kappa shape index (κ1) is 21.9. The minimum absolute atomic E-state index is 0.0527. The lowest BCUT2D eigenvalue weighted by Gasteiger charge is -2.31. The number of fused-ring (bicyclic) bond motifs is 1. The van der Waals surface area contributed by atoms with Gasteiger partial charge in [0.2, 0.25) is 0 Å². The number of rotatable bonds is 5. The van der Waals surface area contributed by atoms with Crippen LogP contribution in [0.5, 0.6) is 5.75 Å². The fourth-order valence-corrected chi connectivity index (χ4v) is 4.71. The lowest BCUT2D eigenvalue weighted by Crippen LogP contribution is -2.57. The summed E-state index contributed by atoms with van der Waals surface area (Å²) in [5, 5.41) is 4.18. The molecule has 1 aliphatic heterocycles. The predicted molar refractivity (Wildman–Crippen MR) is 130 cm³/mol. The molecule has 0 atom stereocenters. The molecule has 1 aliphatic carbocycles. The van der Waals surface area contributed by atoms with Gasteiger partial charge in [0.15, 0.2) is 0 Å². The van der Waals surface area contributed by atoms with Gasteiger partial charge in [-0.15, -0.1) is 0 Å². The van der Waals surface area contributed by atoms with E-state index in [1.54, 1.807) is 6.08 Å². The summed E-state index contributed by atoms with van der Waals surface area (Å²) in [6, 6.07) is 18.8. The van der Waals surface area contributed by atoms with Crippen LogP contribution in [0.1, 0.15) is 42.4 Å². The molecule has 1 heterocycles. The molecule has 6 nitrogen and oxygen atoms in total. The second kappa shape index (κ2) is 9.14. The molecule has 1 saturated carbocycles. The maximum atomic E-state index is 13.3. The Bertz CT molecular complexity index is 1300. The number of nitrogens with zero attached hydrogens (tertiary/aromatic N) is 1. The Morgan fingerprint density at radius 2 is 1.71 bits per heavy atom. The lowest BCUT2D eigenvalue weighted by molar-refractivity contribution is -0.131. The molecule has 4 amide bonds. The van der Waals surface area contributed by atoms with Gasteiger partial charge < -0.3 is 4.74 Å². The number of hydrogen-bond acceptors (Lipinski definition) is 4. The van der Waals surface area contributed by atoms with Crippen LogP contribution in [-0.2, 0) is 16.2 Å². The summed E-state index contributed by atoms with van der Waals surface area (Å²) in [7, 11) is 0. The van der Waals surface area contributed by atoms with Crippen molar-refractivity contribution < 1.29 is 19.1 Å². The predicted octanol–water partition coefficient (Wildman–Crippen LogP) is 5.13. The normalized spacial score (nSPS) is 18.1. The van der Waals surface area contributed by atoms with Gasteiger partial charge >= 0.3 is 6.03 Å². The molecule has 172 valence electrons. The molecule has 0 bridgehead atoms. The Morgan fingerprint density at radius 3 is 2.47 bits per heavy atom. The Kier molecular flexibility index (Phi) is 5.88. The van der Waals surface area contributed by atoms with Crippen LogP contribution in [0.3, 0.4) is 0 Å². The first-order chi connectivity index (χ1) is 16.5. The van der Waals surface area contributed by atoms with Gasteiger partial charge in [0.1, 0.15) is 17.9 Å². The molecule has 0 spiro atoms. The van der Waals surface area contributed by atoms with Gasteiger partial charge in [0.25, 0.3) is 11.8 Å². The van der Waals surface area contributed by atoms with Crippen molar-refractivity contribution >= 4 is 34.7 Å². The highest BCUT2D eigenvalue weighted by molar-refractivity contribution is 6.31. The van der Waals surface area contributed by atoms with E-state index in [4.69, 9.17) is 4.74 Å². The van der Waals surface area contributed by atoms with Crippen LogP contribution in [0, 0.1) is 6.92 Å². The van der Waals surface area contributed by atoms with Crippen molar-refractivity contribution in [3.63, 3.8) is 0 Å². The number of ether oxygens (including phenoxy) is 1. The van der Waals surface area contributed by atoms with Gasteiger partial charge in [0.05, 0.1) is 0 Å². The van der Waals surface area contributed by atoms with Gasteiger partial charge in [-0.2, -0.15) is 0 Å². The number of hydrogen-bond donors (Lipinski definition) is 1. The molecule has 0 radical (unpaired) electrons. The van der Waals surface area contributed by atoms with Crippen LogP contribution in [0.2, 0.25) is 0 Å². The number of aryl methyl sites for hydroxylation is 1. The molecule has 6 heteroatoms. The van der Waals surface area contributed by atoms with Crippen molar-refractivity contribution in [1.29, 1.82) is 0 Å². The summed E-state index contributed by atoms with van der Waals surface area (Å²) < 4.78 is 6.16. The van der Waals surface area contributed by atoms with Crippen molar-refractivity contribution in [3.05, 3.63) is 82.9 Å². The summed E-state index contributed by atoms with van der Waals surface area (Å²) in [5.41, 5.74) is 2.78. The Hall–Kier alpha value is -3.93. The van der Waals surface area contributed by atoms with Crippen molar-refractivity contribution in [1.82, 2.24) is 10.2 Å². The molecule has 1 N–H and O–H groups in total. The van der Waals surface area contributed by atoms with E-state index in [-0.39, 0.29) is 11.6 Å². The van der Waals surface area contributed by atoms with Crippen LogP contribution >= 0.6 is 0 Å². The van der Waals surface area contributed by atoms with Gasteiger partial charge in [0, 0.05) is 11.6 Å². The van der Waals surface area contributed by atoms with Crippen molar-refractivity contribution in [3.8, 4) is 5.75 Å². The molecule has 3 aromatic rings. The van der Waals surface area contributed by atoms with Gasteiger partial charge in [-0.05, 0) is 48.2 Å². The Labute approximate surface area is 198 Å². The van der Waals surface area contributed by atoms with Gasteiger partial charge in [-0.25, -0.2) is 4.79 Å². The highest BCUT2D eigenvalue weighted by Gasteiger charge is 2.40. The molecule has 3 aromatic carbocycles. The molecular formula is C28H26N2O4. The average molecular weight is 455 g/mol. The number of amides is 4. The summed E-state index contributed by atoms with van der Waals surface area (Å²) in [6.07, 6.45) is 5.03. The molecular weight excluding hydrogens is 428 g/mol. The van der Waals surface area contributed by atoms with Gasteiger partial charge in [-0.1, -0.05) is 73.0 Å². The van der Waals surface area contributed by atoms with E-state index in [1.165, 1.54) is 10.5 Å². The first-order valence-corrected chi connectivity index (χ1v) is 11.6. The van der Waals surface area contributed by atoms with Crippen LogP contribution in [0.15, 0.2) is 66.2 Å². The number of carbonyl (C=O) groups is 3. The van der Waals surface area contributed by atoms with Crippen LogP contribution in [-0.4, -0.2) is 28.8 Å². The molecule has 2 fully saturated rings. The molecule has 0 unspecified atom stereocenters. The molecule has 34 heavy (non-hydrogen) atoms. The van der Waals surface area contributed by atoms with E-state index in [2.05, 4.69) is 5.32 Å². The number of benzene rings is 3. The maximum absolute atomic E-state index is 13.3. The first-order valence-electron chi connectivity index (χ1n) is 11.6. The summed E-state index contributed by atoms with van der Waals surface area (Å²) in [5.74, 6) is -0.656. The fraction of sp³-hybridized carbons (Fsp3) is 0.250. The Balaban J connectivity index is 1.55. The average Bonchev–Trinajstić information content (AvgIpc) is 3.36. The van der Waals surface area contributed by atoms with E-state index < -0.39 is 17.8 Å². The molecule has 0 aromatic heterocycles. The zero-order chi connectivity index (χ0) is 23.7. The number of urea groups is 1. The van der Waals surface area contributed by atoms with Crippen molar-refractivity contribution in [2.24, 2.45) is 0 Å². The summed E-state index contributed by atoms with van der Waals surface area (Å²) in [6.45, 7) is 2.38. The highest BCUT2D eigenvalue weighted by atomic mass is 16.5. The third-order valence-corrected chi connectivity index (χ3v) is 6.56. The standard InChI is InChI=1S/C28H26N2O4/c1-18-10-12-19(13-11-18)17-34-25-15-14-20-6-2-5-9-22(20)23(25)16-24-26(31)29-28(33)30(27(24)32)21-7-3-4-8-21/h2,5-6,9-16,21H,3-4,7-8,17H2,1H3,(H,29,31,33)/b24-16+. The smallest absolute Gasteiger partial charge is 0.331 e. The fourth-order valence-electron chi connectivity index (χ4n) is 4.71. The largest absolute Gasteiger partial charge is 0.488 e. The van der Waals surface area contributed by atoms with E-state index in [9.17, 15) is 14.4 Å². The van der Waals surface area contributed by atoms with Crippen molar-refractivity contribution in [2.45, 2.75) is 45.3 Å². The number of nitrogens with one attached hydrogen (secondary N) is 1. The molecule has 1 saturated heterocycles. The number of imide groups is 2. The second-order valence-electron chi connectivity index (χ2n) is 8.90. The van der Waals surface area contributed by atoms with E-state index in [0.717, 1.165) is 42.0 Å². The molecule has 5 rings (SSSR count). The SMILES string of the molecule is Cc1ccc(COc2ccc3ccccc3c2/C=C2\C(=O)NC(=O)N(C3CCCC3)C2=O)cc1. The topological polar surface area (TPSA) is 75.7 Å². The third-order valence-electron chi connectivity index (χ3n) is 6.56. The number of barbiturate groups is 1. The Morgan fingerprint density at radius 1 is 0.971 bits per heavy atom. The zero-order valence-corrected chi connectivity index (χ0v) is 19.0. The summed E-state index contributed by atoms with van der Waals surface area (Å²) >= 11 is 0. The lowest BCUT2D eigenvalue weighted by atomic mass is 9.99. The minimum atomic E-state index is -0.679. The molecule has 2 aliphatic rings. The maximum Gasteiger partial charge on any atom is 0.331 e.